The molecule has 1 heterocycles. The fraction of sp³-hybridized carbons (Fsp3) is 0.300. The molecule has 0 aliphatic carbocycles. The monoisotopic (exact) mass is 370 g/mol. The van der Waals surface area contributed by atoms with Gasteiger partial charge >= 0.3 is 0 Å². The SMILES string of the molecule is COc1cc(-c2nnc(-c3cc(OC)c(C)cc3OC)o2)c(OC)cc1C. The van der Waals surface area contributed by atoms with Gasteiger partial charge in [0.15, 0.2) is 0 Å². The van der Waals surface area contributed by atoms with Crippen molar-refractivity contribution in [3.8, 4) is 45.9 Å². The first kappa shape index (κ1) is 18.6. The number of aryl methyl sites for hydroxylation is 2. The molecule has 0 aliphatic heterocycles. The Bertz CT molecular complexity index is 889. The lowest BCUT2D eigenvalue weighted by atomic mass is 10.1. The molecular formula is C20H22N2O5. The molecule has 0 radical (unpaired) electrons. The number of rotatable bonds is 6. The van der Waals surface area contributed by atoms with E-state index in [1.807, 2.05) is 38.1 Å². The van der Waals surface area contributed by atoms with E-state index in [9.17, 15) is 0 Å². The van der Waals surface area contributed by atoms with E-state index < -0.39 is 0 Å². The summed E-state index contributed by atoms with van der Waals surface area (Å²) in [6.45, 7) is 3.88. The Morgan fingerprint density at radius 2 is 0.963 bits per heavy atom. The van der Waals surface area contributed by atoms with Gasteiger partial charge in [-0.2, -0.15) is 0 Å². The van der Waals surface area contributed by atoms with Crippen molar-refractivity contribution in [3.05, 3.63) is 35.4 Å². The van der Waals surface area contributed by atoms with Crippen LogP contribution in [0.25, 0.3) is 22.9 Å². The van der Waals surface area contributed by atoms with Crippen LogP contribution >= 0.6 is 0 Å². The van der Waals surface area contributed by atoms with Gasteiger partial charge in [0.25, 0.3) is 11.8 Å². The maximum Gasteiger partial charge on any atom is 0.252 e. The minimum absolute atomic E-state index is 0.321. The lowest BCUT2D eigenvalue weighted by molar-refractivity contribution is 0.399. The van der Waals surface area contributed by atoms with Crippen molar-refractivity contribution < 1.29 is 23.4 Å². The van der Waals surface area contributed by atoms with Crippen LogP contribution in [-0.4, -0.2) is 38.6 Å². The van der Waals surface area contributed by atoms with Crippen molar-refractivity contribution in [2.45, 2.75) is 13.8 Å². The van der Waals surface area contributed by atoms with Crippen LogP contribution < -0.4 is 18.9 Å². The van der Waals surface area contributed by atoms with Crippen molar-refractivity contribution in [3.63, 3.8) is 0 Å². The molecule has 2 aromatic carbocycles. The van der Waals surface area contributed by atoms with Gasteiger partial charge in [0.2, 0.25) is 0 Å². The second-order valence-electron chi connectivity index (χ2n) is 5.96. The summed E-state index contributed by atoms with van der Waals surface area (Å²) in [4.78, 5) is 0. The van der Waals surface area contributed by atoms with E-state index >= 15 is 0 Å². The first-order valence-electron chi connectivity index (χ1n) is 8.31. The van der Waals surface area contributed by atoms with Crippen molar-refractivity contribution in [2.24, 2.45) is 0 Å². The number of methoxy groups -OCH3 is 4. The molecule has 0 N–H and O–H groups in total. The lowest BCUT2D eigenvalue weighted by Crippen LogP contribution is -1.93. The average molecular weight is 370 g/mol. The molecule has 7 heteroatoms. The summed E-state index contributed by atoms with van der Waals surface area (Å²) in [5.41, 5.74) is 3.19. The first-order valence-corrected chi connectivity index (χ1v) is 8.31. The van der Waals surface area contributed by atoms with Gasteiger partial charge in [-0.1, -0.05) is 0 Å². The van der Waals surface area contributed by atoms with Crippen LogP contribution in [0.3, 0.4) is 0 Å². The Morgan fingerprint density at radius 3 is 1.30 bits per heavy atom. The second-order valence-corrected chi connectivity index (χ2v) is 5.96. The van der Waals surface area contributed by atoms with Crippen molar-refractivity contribution in [1.82, 2.24) is 10.2 Å². The van der Waals surface area contributed by atoms with Crippen LogP contribution in [0.1, 0.15) is 11.1 Å². The van der Waals surface area contributed by atoms with Crippen LogP contribution in [0, 0.1) is 13.8 Å². The summed E-state index contributed by atoms with van der Waals surface area (Å²) < 4.78 is 27.6. The Hall–Kier alpha value is -3.22. The molecule has 0 bridgehead atoms. The third-order valence-corrected chi connectivity index (χ3v) is 4.32. The predicted molar refractivity (Wildman–Crippen MR) is 101 cm³/mol. The molecule has 0 atom stereocenters. The summed E-state index contributed by atoms with van der Waals surface area (Å²) in [5.74, 6) is 3.30. The fourth-order valence-corrected chi connectivity index (χ4v) is 2.88. The summed E-state index contributed by atoms with van der Waals surface area (Å²) in [7, 11) is 6.41. The largest absolute Gasteiger partial charge is 0.496 e. The Labute approximate surface area is 157 Å². The standard InChI is InChI=1S/C20H22N2O5/c1-11-7-17(25-5)13(9-15(11)23-3)19-21-22-20(27-19)14-10-16(24-4)12(2)8-18(14)26-6/h7-10H,1-6H3. The quantitative estimate of drug-likeness (QED) is 0.648. The molecule has 3 aromatic rings. The molecule has 0 saturated heterocycles. The predicted octanol–water partition coefficient (Wildman–Crippen LogP) is 4.05. The zero-order chi connectivity index (χ0) is 19.6. The number of ether oxygens (including phenoxy) is 4. The topological polar surface area (TPSA) is 75.8 Å². The molecule has 0 aliphatic rings. The molecule has 142 valence electrons. The third kappa shape index (κ3) is 3.40. The van der Waals surface area contributed by atoms with E-state index in [0.717, 1.165) is 11.1 Å². The van der Waals surface area contributed by atoms with Crippen molar-refractivity contribution >= 4 is 0 Å². The molecule has 0 fully saturated rings. The van der Waals surface area contributed by atoms with Gasteiger partial charge in [-0.05, 0) is 49.2 Å². The molecule has 1 aromatic heterocycles. The molecule has 0 spiro atoms. The van der Waals surface area contributed by atoms with Crippen molar-refractivity contribution in [2.75, 3.05) is 28.4 Å². The lowest BCUT2D eigenvalue weighted by Gasteiger charge is -2.11. The van der Waals surface area contributed by atoms with Gasteiger partial charge in [-0.15, -0.1) is 10.2 Å². The summed E-state index contributed by atoms with van der Waals surface area (Å²) in [5, 5.41) is 8.36. The highest BCUT2D eigenvalue weighted by molar-refractivity contribution is 5.70. The van der Waals surface area contributed by atoms with Crippen LogP contribution in [0.5, 0.6) is 23.0 Å². The highest BCUT2D eigenvalue weighted by Gasteiger charge is 2.20. The first-order chi connectivity index (χ1) is 13.0. The number of hydrogen-bond donors (Lipinski definition) is 0. The van der Waals surface area contributed by atoms with E-state index in [2.05, 4.69) is 10.2 Å². The van der Waals surface area contributed by atoms with Gasteiger partial charge in [0.1, 0.15) is 23.0 Å². The fourth-order valence-electron chi connectivity index (χ4n) is 2.88. The average Bonchev–Trinajstić information content (AvgIpc) is 3.17. The van der Waals surface area contributed by atoms with Crippen molar-refractivity contribution in [1.29, 1.82) is 0 Å². The van der Waals surface area contributed by atoms with Gasteiger partial charge in [-0.25, -0.2) is 0 Å². The minimum Gasteiger partial charge on any atom is -0.496 e. The van der Waals surface area contributed by atoms with Crippen LogP contribution in [0.2, 0.25) is 0 Å². The van der Waals surface area contributed by atoms with E-state index in [4.69, 9.17) is 23.4 Å². The van der Waals surface area contributed by atoms with Crippen LogP contribution in [-0.2, 0) is 0 Å². The summed E-state index contributed by atoms with van der Waals surface area (Å²) in [6.07, 6.45) is 0. The molecular weight excluding hydrogens is 348 g/mol. The van der Waals surface area contributed by atoms with Gasteiger partial charge < -0.3 is 23.4 Å². The molecule has 7 nitrogen and oxygen atoms in total. The molecule has 0 unspecified atom stereocenters. The normalized spacial score (nSPS) is 10.6. The summed E-state index contributed by atoms with van der Waals surface area (Å²) in [6, 6.07) is 7.37. The van der Waals surface area contributed by atoms with Crippen LogP contribution in [0.4, 0.5) is 0 Å². The highest BCUT2D eigenvalue weighted by Crippen LogP contribution is 2.39. The number of nitrogens with zero attached hydrogens (tertiary/aromatic N) is 2. The van der Waals surface area contributed by atoms with Gasteiger partial charge in [0.05, 0.1) is 39.6 Å². The van der Waals surface area contributed by atoms with E-state index in [1.54, 1.807) is 28.4 Å². The van der Waals surface area contributed by atoms with E-state index in [0.29, 0.717) is 45.9 Å². The number of aromatic nitrogens is 2. The van der Waals surface area contributed by atoms with E-state index in [1.165, 1.54) is 0 Å². The highest BCUT2D eigenvalue weighted by atomic mass is 16.5. The smallest absolute Gasteiger partial charge is 0.252 e. The molecule has 0 amide bonds. The third-order valence-electron chi connectivity index (χ3n) is 4.32. The Morgan fingerprint density at radius 1 is 0.593 bits per heavy atom. The maximum absolute atomic E-state index is 5.93. The maximum atomic E-state index is 5.93. The van der Waals surface area contributed by atoms with Gasteiger partial charge in [-0.3, -0.25) is 0 Å². The Balaban J connectivity index is 2.11. The molecule has 0 saturated carbocycles. The minimum atomic E-state index is 0.321. The zero-order valence-electron chi connectivity index (χ0n) is 16.2. The summed E-state index contributed by atoms with van der Waals surface area (Å²) >= 11 is 0. The van der Waals surface area contributed by atoms with Crippen LogP contribution in [0.15, 0.2) is 28.7 Å². The number of benzene rings is 2. The Kier molecular flexibility index (Phi) is 5.21. The van der Waals surface area contributed by atoms with E-state index in [-0.39, 0.29) is 0 Å². The molecule has 27 heavy (non-hydrogen) atoms. The second kappa shape index (κ2) is 7.57. The number of hydrogen-bond acceptors (Lipinski definition) is 7. The van der Waals surface area contributed by atoms with Gasteiger partial charge in [0, 0.05) is 0 Å². The molecule has 3 rings (SSSR count). The zero-order valence-corrected chi connectivity index (χ0v) is 16.2.